The third-order valence-corrected chi connectivity index (χ3v) is 2.46. The van der Waals surface area contributed by atoms with Gasteiger partial charge in [-0.25, -0.2) is 4.39 Å². The first-order valence-electron chi connectivity index (χ1n) is 5.59. The molecule has 6 heteroatoms. The topological polar surface area (TPSA) is 53.7 Å². The van der Waals surface area contributed by atoms with Crippen LogP contribution in [-0.4, -0.2) is 33.5 Å². The number of hydrogen-bond acceptors (Lipinski definition) is 4. The zero-order valence-corrected chi connectivity index (χ0v) is 11.0. The van der Waals surface area contributed by atoms with Gasteiger partial charge in [-0.05, 0) is 6.42 Å². The molecule has 0 unspecified atom stereocenters. The summed E-state index contributed by atoms with van der Waals surface area (Å²) in [4.78, 5) is 0. The van der Waals surface area contributed by atoms with Crippen molar-refractivity contribution in [3.63, 3.8) is 0 Å². The van der Waals surface area contributed by atoms with Crippen molar-refractivity contribution >= 4 is 17.3 Å². The first-order valence-corrected chi connectivity index (χ1v) is 5.97. The molecule has 0 bridgehead atoms. The maximum absolute atomic E-state index is 13.0. The molecule has 0 heterocycles. The lowest BCUT2D eigenvalue weighted by Crippen LogP contribution is -2.09. The van der Waals surface area contributed by atoms with Gasteiger partial charge in [0, 0.05) is 32.5 Å². The van der Waals surface area contributed by atoms with Crippen LogP contribution >= 0.6 is 11.6 Å². The second-order valence-corrected chi connectivity index (χ2v) is 4.02. The minimum Gasteiger partial charge on any atom is -0.489 e. The molecule has 0 saturated heterocycles. The van der Waals surface area contributed by atoms with E-state index in [2.05, 4.69) is 0 Å². The van der Waals surface area contributed by atoms with E-state index in [0.717, 1.165) is 12.5 Å². The van der Waals surface area contributed by atoms with Gasteiger partial charge in [-0.1, -0.05) is 11.6 Å². The van der Waals surface area contributed by atoms with Crippen LogP contribution in [0.25, 0.3) is 0 Å². The Kier molecular flexibility index (Phi) is 6.78. The van der Waals surface area contributed by atoms with E-state index in [1.165, 1.54) is 6.07 Å². The van der Waals surface area contributed by atoms with Crippen molar-refractivity contribution in [3.8, 4) is 5.75 Å². The summed E-state index contributed by atoms with van der Waals surface area (Å²) in [5.41, 5.74) is 5.81. The molecule has 4 nitrogen and oxygen atoms in total. The molecule has 1 rings (SSSR count). The van der Waals surface area contributed by atoms with Gasteiger partial charge < -0.3 is 19.9 Å². The molecule has 0 spiro atoms. The van der Waals surface area contributed by atoms with Gasteiger partial charge in [-0.2, -0.15) is 0 Å². The predicted octanol–water partition coefficient (Wildman–Crippen LogP) is 2.49. The second kappa shape index (κ2) is 8.13. The van der Waals surface area contributed by atoms with Gasteiger partial charge in [0.15, 0.2) is 0 Å². The number of rotatable bonds is 8. The largest absolute Gasteiger partial charge is 0.489 e. The molecule has 102 valence electrons. The number of halogens is 2. The Bertz CT molecular complexity index is 377. The van der Waals surface area contributed by atoms with Crippen molar-refractivity contribution in [2.24, 2.45) is 0 Å². The fraction of sp³-hybridized carbons (Fsp3) is 0.500. The van der Waals surface area contributed by atoms with E-state index in [0.29, 0.717) is 32.2 Å². The fourth-order valence-corrected chi connectivity index (χ4v) is 1.44. The molecule has 0 aliphatic rings. The molecule has 0 aliphatic carbocycles. The smallest absolute Gasteiger partial charge is 0.144 e. The van der Waals surface area contributed by atoms with Gasteiger partial charge in [0.2, 0.25) is 0 Å². The molecule has 0 amide bonds. The maximum Gasteiger partial charge on any atom is 0.144 e. The van der Waals surface area contributed by atoms with Gasteiger partial charge in [0.05, 0.1) is 17.3 Å². The van der Waals surface area contributed by atoms with Gasteiger partial charge in [-0.15, -0.1) is 0 Å². The molecular weight excluding hydrogens is 261 g/mol. The van der Waals surface area contributed by atoms with Crippen LogP contribution in [0, 0.1) is 5.82 Å². The summed E-state index contributed by atoms with van der Waals surface area (Å²) in [6.07, 6.45) is 0.834. The third kappa shape index (κ3) is 5.08. The highest BCUT2D eigenvalue weighted by atomic mass is 35.5. The summed E-state index contributed by atoms with van der Waals surface area (Å²) in [5.74, 6) is -0.195. The molecule has 1 aromatic carbocycles. The summed E-state index contributed by atoms with van der Waals surface area (Å²) >= 11 is 5.63. The number of nitrogen functional groups attached to an aromatic ring is 1. The maximum atomic E-state index is 13.0. The van der Waals surface area contributed by atoms with Crippen LogP contribution in [-0.2, 0) is 9.47 Å². The van der Waals surface area contributed by atoms with Crippen molar-refractivity contribution in [1.29, 1.82) is 0 Å². The van der Waals surface area contributed by atoms with E-state index in [4.69, 9.17) is 31.5 Å². The minimum atomic E-state index is -0.558. The Morgan fingerprint density at radius 2 is 2.00 bits per heavy atom. The monoisotopic (exact) mass is 277 g/mol. The van der Waals surface area contributed by atoms with Crippen molar-refractivity contribution in [3.05, 3.63) is 23.0 Å². The van der Waals surface area contributed by atoms with Crippen LogP contribution < -0.4 is 10.5 Å². The van der Waals surface area contributed by atoms with Crippen LogP contribution in [0.3, 0.4) is 0 Å². The summed E-state index contributed by atoms with van der Waals surface area (Å²) in [5, 5.41) is -0.0137. The summed E-state index contributed by atoms with van der Waals surface area (Å²) in [6.45, 7) is 2.04. The highest BCUT2D eigenvalue weighted by Crippen LogP contribution is 2.28. The fourth-order valence-electron chi connectivity index (χ4n) is 1.29. The Hall–Kier alpha value is -1.04. The molecule has 2 N–H and O–H groups in total. The number of benzene rings is 1. The lowest BCUT2D eigenvalue weighted by molar-refractivity contribution is 0.0808. The number of nitrogens with two attached hydrogens (primary N) is 1. The SMILES string of the molecule is COCCCOCCOc1cc(Cl)c(F)cc1N. The van der Waals surface area contributed by atoms with Gasteiger partial charge in [-0.3, -0.25) is 0 Å². The van der Waals surface area contributed by atoms with Crippen molar-refractivity contribution in [2.75, 3.05) is 39.3 Å². The average molecular weight is 278 g/mol. The van der Waals surface area contributed by atoms with Crippen molar-refractivity contribution in [1.82, 2.24) is 0 Å². The summed E-state index contributed by atoms with van der Waals surface area (Å²) < 4.78 is 28.5. The van der Waals surface area contributed by atoms with Crippen LogP contribution in [0.15, 0.2) is 12.1 Å². The normalized spacial score (nSPS) is 10.6. The van der Waals surface area contributed by atoms with Crippen molar-refractivity contribution in [2.45, 2.75) is 6.42 Å². The third-order valence-electron chi connectivity index (χ3n) is 2.18. The van der Waals surface area contributed by atoms with E-state index < -0.39 is 5.82 Å². The Labute approximate surface area is 111 Å². The predicted molar refractivity (Wildman–Crippen MR) is 68.6 cm³/mol. The highest BCUT2D eigenvalue weighted by Gasteiger charge is 2.07. The molecule has 0 radical (unpaired) electrons. The Balaban J connectivity index is 2.25. The van der Waals surface area contributed by atoms with Gasteiger partial charge in [0.25, 0.3) is 0 Å². The van der Waals surface area contributed by atoms with Crippen LogP contribution in [0.1, 0.15) is 6.42 Å². The first-order chi connectivity index (χ1) is 8.65. The lowest BCUT2D eigenvalue weighted by atomic mass is 10.3. The molecule has 0 fully saturated rings. The second-order valence-electron chi connectivity index (χ2n) is 3.61. The molecule has 1 aromatic rings. The standard InChI is InChI=1S/C12H17ClFNO3/c1-16-3-2-4-17-5-6-18-12-7-9(13)10(14)8-11(12)15/h7-8H,2-6,15H2,1H3. The van der Waals surface area contributed by atoms with E-state index in [-0.39, 0.29) is 10.7 Å². The zero-order valence-electron chi connectivity index (χ0n) is 10.2. The molecule has 18 heavy (non-hydrogen) atoms. The molecule has 0 saturated carbocycles. The van der Waals surface area contributed by atoms with Crippen LogP contribution in [0.4, 0.5) is 10.1 Å². The first kappa shape index (κ1) is 15.0. The molecule has 0 aliphatic heterocycles. The van der Waals surface area contributed by atoms with Crippen molar-refractivity contribution < 1.29 is 18.6 Å². The van der Waals surface area contributed by atoms with E-state index in [9.17, 15) is 4.39 Å². The zero-order chi connectivity index (χ0) is 13.4. The van der Waals surface area contributed by atoms with Gasteiger partial charge in [0.1, 0.15) is 18.2 Å². The van der Waals surface area contributed by atoms with Crippen LogP contribution in [0.5, 0.6) is 5.75 Å². The van der Waals surface area contributed by atoms with E-state index >= 15 is 0 Å². The van der Waals surface area contributed by atoms with Crippen LogP contribution in [0.2, 0.25) is 5.02 Å². The number of methoxy groups -OCH3 is 1. The minimum absolute atomic E-state index is 0.0137. The number of hydrogen-bond donors (Lipinski definition) is 1. The lowest BCUT2D eigenvalue weighted by Gasteiger charge is -2.10. The molecule has 0 atom stereocenters. The highest BCUT2D eigenvalue weighted by molar-refractivity contribution is 6.31. The van der Waals surface area contributed by atoms with E-state index in [1.807, 2.05) is 0 Å². The number of ether oxygens (including phenoxy) is 3. The van der Waals surface area contributed by atoms with E-state index in [1.54, 1.807) is 7.11 Å². The Morgan fingerprint density at radius 1 is 1.22 bits per heavy atom. The average Bonchev–Trinajstić information content (AvgIpc) is 2.34. The molecule has 0 aromatic heterocycles. The quantitative estimate of drug-likeness (QED) is 0.586. The van der Waals surface area contributed by atoms with Gasteiger partial charge >= 0.3 is 0 Å². The summed E-state index contributed by atoms with van der Waals surface area (Å²) in [6, 6.07) is 2.49. The number of anilines is 1. The molecular formula is C12H17ClFNO3. The Morgan fingerprint density at radius 3 is 2.72 bits per heavy atom. The summed E-state index contributed by atoms with van der Waals surface area (Å²) in [7, 11) is 1.64.